The van der Waals surface area contributed by atoms with E-state index in [0.29, 0.717) is 6.54 Å². The zero-order chi connectivity index (χ0) is 15.6. The largest absolute Gasteiger partial charge is 0.346 e. The fourth-order valence-electron chi connectivity index (χ4n) is 1.94. The third-order valence-electron chi connectivity index (χ3n) is 3.40. The van der Waals surface area contributed by atoms with Crippen molar-refractivity contribution in [3.63, 3.8) is 0 Å². The van der Waals surface area contributed by atoms with Crippen molar-refractivity contribution in [1.82, 2.24) is 19.9 Å². The van der Waals surface area contributed by atoms with E-state index in [1.807, 2.05) is 24.8 Å². The summed E-state index contributed by atoms with van der Waals surface area (Å²) >= 11 is 1.54. The number of carbonyl (C=O) groups excluding carboxylic acids is 1. The number of pyridine rings is 1. The van der Waals surface area contributed by atoms with Gasteiger partial charge in [-0.2, -0.15) is 0 Å². The first-order valence-electron chi connectivity index (χ1n) is 6.47. The molecule has 0 aliphatic rings. The quantitative estimate of drug-likeness (QED) is 0.836. The summed E-state index contributed by atoms with van der Waals surface area (Å²) in [4.78, 5) is 30.9. The third-order valence-corrected chi connectivity index (χ3v) is 4.14. The van der Waals surface area contributed by atoms with Crippen molar-refractivity contribution in [3.8, 4) is 0 Å². The van der Waals surface area contributed by atoms with Gasteiger partial charge in [-0.25, -0.2) is 4.98 Å². The average molecular weight is 306 g/mol. The van der Waals surface area contributed by atoms with Crippen LogP contribution in [-0.4, -0.2) is 26.7 Å². The predicted octanol–water partition coefficient (Wildman–Crippen LogP) is 1.38. The molecule has 0 aliphatic carbocycles. The molecule has 0 saturated heterocycles. The number of nitrogens with zero attached hydrogens (tertiary/aromatic N) is 2. The SMILES string of the molecule is CSc1ncc(CNC(=O)c2cc(C)c(C)[nH]c2=O)n1C. The molecule has 1 amide bonds. The van der Waals surface area contributed by atoms with E-state index in [1.165, 1.54) is 11.8 Å². The number of aromatic nitrogens is 3. The minimum Gasteiger partial charge on any atom is -0.346 e. The number of hydrogen-bond acceptors (Lipinski definition) is 4. The van der Waals surface area contributed by atoms with Gasteiger partial charge in [0.05, 0.1) is 18.4 Å². The van der Waals surface area contributed by atoms with Crippen LogP contribution < -0.4 is 10.9 Å². The molecule has 2 N–H and O–H groups in total. The van der Waals surface area contributed by atoms with Gasteiger partial charge in [-0.1, -0.05) is 11.8 Å². The molecule has 0 radical (unpaired) electrons. The Morgan fingerprint density at radius 1 is 1.48 bits per heavy atom. The van der Waals surface area contributed by atoms with Crippen LogP contribution in [0.1, 0.15) is 27.3 Å². The lowest BCUT2D eigenvalue weighted by Gasteiger charge is -2.08. The van der Waals surface area contributed by atoms with Gasteiger partial charge in [-0.05, 0) is 31.7 Å². The molecule has 2 rings (SSSR count). The van der Waals surface area contributed by atoms with Crippen LogP contribution >= 0.6 is 11.8 Å². The Bertz CT molecular complexity index is 733. The number of aryl methyl sites for hydroxylation is 2. The molecule has 0 aliphatic heterocycles. The van der Waals surface area contributed by atoms with Gasteiger partial charge >= 0.3 is 0 Å². The molecule has 21 heavy (non-hydrogen) atoms. The number of amides is 1. The van der Waals surface area contributed by atoms with Crippen molar-refractivity contribution in [2.45, 2.75) is 25.5 Å². The molecule has 2 heterocycles. The third kappa shape index (κ3) is 3.18. The molecule has 2 aromatic rings. The van der Waals surface area contributed by atoms with Gasteiger partial charge in [0.25, 0.3) is 11.5 Å². The molecule has 0 unspecified atom stereocenters. The summed E-state index contributed by atoms with van der Waals surface area (Å²) in [6, 6.07) is 1.61. The minimum atomic E-state index is -0.383. The lowest BCUT2D eigenvalue weighted by Crippen LogP contribution is -2.30. The van der Waals surface area contributed by atoms with Crippen LogP contribution in [0.2, 0.25) is 0 Å². The topological polar surface area (TPSA) is 79.8 Å². The summed E-state index contributed by atoms with van der Waals surface area (Å²) in [5.41, 5.74) is 2.29. The van der Waals surface area contributed by atoms with Crippen molar-refractivity contribution in [2.24, 2.45) is 7.05 Å². The Morgan fingerprint density at radius 2 is 2.19 bits per heavy atom. The molecule has 0 spiro atoms. The Morgan fingerprint density at radius 3 is 2.81 bits per heavy atom. The molecule has 6 nitrogen and oxygen atoms in total. The fourth-order valence-corrected chi connectivity index (χ4v) is 2.49. The Labute approximate surface area is 127 Å². The highest BCUT2D eigenvalue weighted by atomic mass is 32.2. The van der Waals surface area contributed by atoms with Crippen LogP contribution in [0.3, 0.4) is 0 Å². The standard InChI is InChI=1S/C14H18N4O2S/c1-8-5-11(13(20)17-9(8)2)12(19)15-6-10-7-16-14(21-4)18(10)3/h5,7H,6H2,1-4H3,(H,15,19)(H,17,20). The fraction of sp³-hybridized carbons (Fsp3) is 0.357. The first kappa shape index (κ1) is 15.4. The molecular weight excluding hydrogens is 288 g/mol. The smallest absolute Gasteiger partial charge is 0.261 e. The number of imidazole rings is 1. The van der Waals surface area contributed by atoms with E-state index in [4.69, 9.17) is 0 Å². The van der Waals surface area contributed by atoms with E-state index in [2.05, 4.69) is 15.3 Å². The maximum Gasteiger partial charge on any atom is 0.261 e. The van der Waals surface area contributed by atoms with Gasteiger partial charge < -0.3 is 14.9 Å². The second-order valence-corrected chi connectivity index (χ2v) is 5.57. The van der Waals surface area contributed by atoms with Crippen molar-refractivity contribution in [3.05, 3.63) is 45.1 Å². The molecule has 0 bridgehead atoms. The van der Waals surface area contributed by atoms with Gasteiger partial charge in [0, 0.05) is 12.7 Å². The lowest BCUT2D eigenvalue weighted by molar-refractivity contribution is 0.0948. The van der Waals surface area contributed by atoms with Gasteiger partial charge in [-0.3, -0.25) is 9.59 Å². The van der Waals surface area contributed by atoms with E-state index in [1.54, 1.807) is 19.2 Å². The van der Waals surface area contributed by atoms with Crippen LogP contribution in [0.15, 0.2) is 22.2 Å². The number of aromatic amines is 1. The van der Waals surface area contributed by atoms with E-state index < -0.39 is 0 Å². The predicted molar refractivity (Wildman–Crippen MR) is 82.7 cm³/mol. The Kier molecular flexibility index (Phi) is 4.52. The van der Waals surface area contributed by atoms with Gasteiger partial charge in [0.15, 0.2) is 5.16 Å². The van der Waals surface area contributed by atoms with Crippen LogP contribution in [0.5, 0.6) is 0 Å². The second kappa shape index (κ2) is 6.17. The maximum absolute atomic E-state index is 12.1. The number of H-pyrrole nitrogens is 1. The lowest BCUT2D eigenvalue weighted by atomic mass is 10.1. The van der Waals surface area contributed by atoms with E-state index >= 15 is 0 Å². The highest BCUT2D eigenvalue weighted by molar-refractivity contribution is 7.98. The van der Waals surface area contributed by atoms with E-state index in [-0.39, 0.29) is 17.0 Å². The molecule has 0 aromatic carbocycles. The van der Waals surface area contributed by atoms with Gasteiger partial charge in [-0.15, -0.1) is 0 Å². The van der Waals surface area contributed by atoms with Crippen molar-refractivity contribution in [1.29, 1.82) is 0 Å². The first-order valence-corrected chi connectivity index (χ1v) is 7.69. The van der Waals surface area contributed by atoms with Crippen LogP contribution in [0.25, 0.3) is 0 Å². The number of nitrogens with one attached hydrogen (secondary N) is 2. The van der Waals surface area contributed by atoms with E-state index in [0.717, 1.165) is 22.1 Å². The van der Waals surface area contributed by atoms with E-state index in [9.17, 15) is 9.59 Å². The van der Waals surface area contributed by atoms with Crippen LogP contribution in [0.4, 0.5) is 0 Å². The minimum absolute atomic E-state index is 0.130. The number of rotatable bonds is 4. The number of hydrogen-bond donors (Lipinski definition) is 2. The number of thioether (sulfide) groups is 1. The highest BCUT2D eigenvalue weighted by Crippen LogP contribution is 2.13. The molecular formula is C14H18N4O2S. The van der Waals surface area contributed by atoms with Crippen molar-refractivity contribution in [2.75, 3.05) is 6.26 Å². The Balaban J connectivity index is 2.13. The average Bonchev–Trinajstić information content (AvgIpc) is 2.80. The summed E-state index contributed by atoms with van der Waals surface area (Å²) < 4.78 is 1.91. The molecule has 2 aromatic heterocycles. The van der Waals surface area contributed by atoms with Crippen molar-refractivity contribution >= 4 is 17.7 Å². The molecule has 0 atom stereocenters. The zero-order valence-corrected chi connectivity index (χ0v) is 13.3. The maximum atomic E-state index is 12.1. The summed E-state index contributed by atoms with van der Waals surface area (Å²) in [6.45, 7) is 3.99. The van der Waals surface area contributed by atoms with Gasteiger partial charge in [0.2, 0.25) is 0 Å². The molecule has 0 saturated carbocycles. The second-order valence-electron chi connectivity index (χ2n) is 4.80. The van der Waals surface area contributed by atoms with Crippen LogP contribution in [0, 0.1) is 13.8 Å². The first-order chi connectivity index (χ1) is 9.93. The van der Waals surface area contributed by atoms with Crippen LogP contribution in [-0.2, 0) is 13.6 Å². The zero-order valence-electron chi connectivity index (χ0n) is 12.5. The molecule has 112 valence electrons. The number of carbonyl (C=O) groups is 1. The summed E-state index contributed by atoms with van der Waals surface area (Å²) in [7, 11) is 1.89. The normalized spacial score (nSPS) is 10.7. The Hall–Kier alpha value is -2.02. The molecule has 0 fully saturated rings. The van der Waals surface area contributed by atoms with Gasteiger partial charge in [0.1, 0.15) is 5.56 Å². The summed E-state index contributed by atoms with van der Waals surface area (Å²) in [6.07, 6.45) is 3.66. The van der Waals surface area contributed by atoms with Crippen molar-refractivity contribution < 1.29 is 4.79 Å². The summed E-state index contributed by atoms with van der Waals surface area (Å²) in [5, 5.41) is 3.63. The summed E-state index contributed by atoms with van der Waals surface area (Å²) in [5.74, 6) is -0.383. The monoisotopic (exact) mass is 306 g/mol. The molecule has 7 heteroatoms. The highest BCUT2D eigenvalue weighted by Gasteiger charge is 2.13.